The molecule has 4 aliphatic rings. The molecule has 32 heavy (non-hydrogen) atoms. The zero-order valence-corrected chi connectivity index (χ0v) is 19.6. The highest BCUT2D eigenvalue weighted by Gasteiger charge is 2.58. The molecule has 5 atom stereocenters. The number of hydrogen-bond acceptors (Lipinski definition) is 6. The normalized spacial score (nSPS) is 37.6. The minimum atomic E-state index is -0.0386. The van der Waals surface area contributed by atoms with Gasteiger partial charge in [-0.3, -0.25) is 4.79 Å². The standard InChI is InChI=1S/C25H37N5O2/c1-24-10-7-18(28-32-14-13-30-16-19(9-12-26)27-29-30)15-17(24)3-4-20-21-5-6-23(31)25(21,2)11-8-22(20)24/h15-16,20-22H,3-14,26H2,1-2H3/b28-18+/t20?,21?,22?,24-,25-/m0/s1. The van der Waals surface area contributed by atoms with Crippen molar-refractivity contribution in [1.29, 1.82) is 0 Å². The van der Waals surface area contributed by atoms with Crippen molar-refractivity contribution in [2.24, 2.45) is 39.5 Å². The quantitative estimate of drug-likeness (QED) is 0.539. The highest BCUT2D eigenvalue weighted by Crippen LogP contribution is 2.64. The molecule has 3 fully saturated rings. The second-order valence-electron chi connectivity index (χ2n) is 10.8. The molecule has 0 bridgehead atoms. The fourth-order valence-corrected chi connectivity index (χ4v) is 7.39. The van der Waals surface area contributed by atoms with Gasteiger partial charge in [0.15, 0.2) is 0 Å². The second-order valence-corrected chi connectivity index (χ2v) is 10.8. The Balaban J connectivity index is 1.22. The smallest absolute Gasteiger partial charge is 0.139 e. The summed E-state index contributed by atoms with van der Waals surface area (Å²) >= 11 is 0. The number of hydrogen-bond donors (Lipinski definition) is 1. The molecule has 3 saturated carbocycles. The first-order valence-corrected chi connectivity index (χ1v) is 12.5. The maximum atomic E-state index is 12.6. The van der Waals surface area contributed by atoms with Gasteiger partial charge in [0, 0.05) is 24.5 Å². The SMILES string of the molecule is C[C@]12CC/C(=N\OCCn3cc(CCN)nn3)C=C1CCC1C2CC[C@]2(C)C(=O)CCC12. The van der Waals surface area contributed by atoms with E-state index in [0.29, 0.717) is 43.2 Å². The maximum Gasteiger partial charge on any atom is 0.139 e. The lowest BCUT2D eigenvalue weighted by atomic mass is 9.47. The van der Waals surface area contributed by atoms with Crippen LogP contribution in [0.4, 0.5) is 0 Å². The van der Waals surface area contributed by atoms with Gasteiger partial charge in [-0.1, -0.05) is 29.8 Å². The van der Waals surface area contributed by atoms with E-state index in [1.54, 1.807) is 10.3 Å². The Morgan fingerprint density at radius 1 is 1.16 bits per heavy atom. The zero-order valence-electron chi connectivity index (χ0n) is 19.6. The first-order valence-electron chi connectivity index (χ1n) is 12.5. The number of fused-ring (bicyclic) bond motifs is 5. The summed E-state index contributed by atoms with van der Waals surface area (Å²) in [5.74, 6) is 2.56. The molecular formula is C25H37N5O2. The lowest BCUT2D eigenvalue weighted by Crippen LogP contribution is -2.50. The third-order valence-electron chi connectivity index (χ3n) is 9.27. The van der Waals surface area contributed by atoms with Crippen molar-refractivity contribution in [3.8, 4) is 0 Å². The van der Waals surface area contributed by atoms with Crippen molar-refractivity contribution in [3.63, 3.8) is 0 Å². The highest BCUT2D eigenvalue weighted by atomic mass is 16.6. The molecule has 3 unspecified atom stereocenters. The lowest BCUT2D eigenvalue weighted by molar-refractivity contribution is -0.132. The van der Waals surface area contributed by atoms with Gasteiger partial charge in [-0.2, -0.15) is 0 Å². The molecule has 7 heteroatoms. The summed E-state index contributed by atoms with van der Waals surface area (Å²) < 4.78 is 1.79. The van der Waals surface area contributed by atoms with Crippen LogP contribution in [-0.2, 0) is 22.6 Å². The average Bonchev–Trinajstić information content (AvgIpc) is 3.35. The molecule has 1 aromatic heterocycles. The van der Waals surface area contributed by atoms with Crippen molar-refractivity contribution < 1.29 is 9.63 Å². The van der Waals surface area contributed by atoms with Crippen molar-refractivity contribution in [2.45, 2.75) is 78.2 Å². The number of ketones is 1. The van der Waals surface area contributed by atoms with E-state index in [4.69, 9.17) is 10.6 Å². The van der Waals surface area contributed by atoms with E-state index in [2.05, 4.69) is 35.4 Å². The van der Waals surface area contributed by atoms with Gasteiger partial charge in [0.25, 0.3) is 0 Å². The van der Waals surface area contributed by atoms with E-state index in [1.807, 2.05) is 6.20 Å². The summed E-state index contributed by atoms with van der Waals surface area (Å²) in [6.45, 7) is 6.43. The van der Waals surface area contributed by atoms with Gasteiger partial charge in [0.05, 0.1) is 18.0 Å². The van der Waals surface area contributed by atoms with Gasteiger partial charge < -0.3 is 10.6 Å². The van der Waals surface area contributed by atoms with Crippen LogP contribution in [0.2, 0.25) is 0 Å². The Morgan fingerprint density at radius 2 is 2.00 bits per heavy atom. The van der Waals surface area contributed by atoms with Gasteiger partial charge in [-0.05, 0) is 80.7 Å². The fraction of sp³-hybridized carbons (Fsp3) is 0.760. The van der Waals surface area contributed by atoms with Crippen LogP contribution < -0.4 is 5.73 Å². The van der Waals surface area contributed by atoms with Crippen LogP contribution >= 0.6 is 0 Å². The summed E-state index contributed by atoms with van der Waals surface area (Å²) in [5.41, 5.74) is 9.32. The summed E-state index contributed by atoms with van der Waals surface area (Å²) in [6.07, 6.45) is 13.7. The molecule has 174 valence electrons. The third kappa shape index (κ3) is 3.62. The van der Waals surface area contributed by atoms with E-state index in [1.165, 1.54) is 12.8 Å². The number of nitrogens with zero attached hydrogens (tertiary/aromatic N) is 4. The van der Waals surface area contributed by atoms with Crippen molar-refractivity contribution in [1.82, 2.24) is 15.0 Å². The van der Waals surface area contributed by atoms with Crippen LogP contribution in [0.15, 0.2) is 23.0 Å². The van der Waals surface area contributed by atoms with E-state index in [0.717, 1.165) is 56.4 Å². The number of aromatic nitrogens is 3. The minimum Gasteiger partial charge on any atom is -0.394 e. The van der Waals surface area contributed by atoms with Gasteiger partial charge in [-0.15, -0.1) is 5.10 Å². The van der Waals surface area contributed by atoms with E-state index < -0.39 is 0 Å². The Morgan fingerprint density at radius 3 is 2.84 bits per heavy atom. The predicted octanol–water partition coefficient (Wildman–Crippen LogP) is 3.68. The monoisotopic (exact) mass is 439 g/mol. The van der Waals surface area contributed by atoms with Crippen molar-refractivity contribution in [3.05, 3.63) is 23.5 Å². The number of carbonyl (C=O) groups is 1. The van der Waals surface area contributed by atoms with Gasteiger partial charge in [0.2, 0.25) is 0 Å². The van der Waals surface area contributed by atoms with E-state index >= 15 is 0 Å². The Bertz CT molecular complexity index is 937. The molecular weight excluding hydrogens is 402 g/mol. The van der Waals surface area contributed by atoms with Crippen LogP contribution in [0, 0.1) is 28.6 Å². The number of carbonyl (C=O) groups excluding carboxylic acids is 1. The highest BCUT2D eigenvalue weighted by molar-refractivity contribution is 5.96. The van der Waals surface area contributed by atoms with Crippen LogP contribution in [0.25, 0.3) is 0 Å². The maximum absolute atomic E-state index is 12.6. The summed E-state index contributed by atoms with van der Waals surface area (Å²) in [5, 5.41) is 12.7. The van der Waals surface area contributed by atoms with Gasteiger partial charge in [0.1, 0.15) is 12.4 Å². The predicted molar refractivity (Wildman–Crippen MR) is 123 cm³/mol. The minimum absolute atomic E-state index is 0.0386. The molecule has 0 radical (unpaired) electrons. The molecule has 1 heterocycles. The molecule has 4 aliphatic carbocycles. The zero-order chi connectivity index (χ0) is 22.3. The molecule has 7 nitrogen and oxygen atoms in total. The first-order chi connectivity index (χ1) is 15.4. The van der Waals surface area contributed by atoms with Gasteiger partial charge >= 0.3 is 0 Å². The largest absolute Gasteiger partial charge is 0.394 e. The molecule has 0 aromatic carbocycles. The molecule has 2 N–H and O–H groups in total. The fourth-order valence-electron chi connectivity index (χ4n) is 7.39. The number of nitrogens with two attached hydrogens (primary N) is 1. The molecule has 0 saturated heterocycles. The molecule has 5 rings (SSSR count). The average molecular weight is 440 g/mol. The van der Waals surface area contributed by atoms with Crippen LogP contribution in [0.3, 0.4) is 0 Å². The molecule has 1 aromatic rings. The van der Waals surface area contributed by atoms with Crippen LogP contribution in [-0.4, -0.2) is 39.6 Å². The summed E-state index contributed by atoms with van der Waals surface area (Å²) in [4.78, 5) is 18.2. The van der Waals surface area contributed by atoms with Crippen LogP contribution in [0.5, 0.6) is 0 Å². The Hall–Kier alpha value is -2.02. The molecule has 0 aliphatic heterocycles. The topological polar surface area (TPSA) is 95.4 Å². The van der Waals surface area contributed by atoms with Crippen LogP contribution in [0.1, 0.15) is 70.9 Å². The Labute approximate surface area is 190 Å². The molecule has 0 spiro atoms. The molecule has 0 amide bonds. The Kier molecular flexibility index (Phi) is 5.72. The third-order valence-corrected chi connectivity index (χ3v) is 9.27. The number of Topliss-reactive ketones (excluding diaryl/α,β-unsaturated/α-hetero) is 1. The number of oxime groups is 1. The van der Waals surface area contributed by atoms with Crippen molar-refractivity contribution in [2.75, 3.05) is 13.2 Å². The first kappa shape index (κ1) is 21.8. The summed E-state index contributed by atoms with van der Waals surface area (Å²) in [7, 11) is 0. The van der Waals surface area contributed by atoms with E-state index in [-0.39, 0.29) is 10.8 Å². The summed E-state index contributed by atoms with van der Waals surface area (Å²) in [6, 6.07) is 0. The number of allylic oxidation sites excluding steroid dienone is 2. The van der Waals surface area contributed by atoms with E-state index in [9.17, 15) is 4.79 Å². The second kappa shape index (κ2) is 8.40. The van der Waals surface area contributed by atoms with Gasteiger partial charge in [-0.25, -0.2) is 4.68 Å². The number of rotatable bonds is 6. The van der Waals surface area contributed by atoms with Crippen molar-refractivity contribution >= 4 is 11.5 Å². The lowest BCUT2D eigenvalue weighted by Gasteiger charge is -2.57.